The molecule has 3 nitrogen and oxygen atoms in total. The van der Waals surface area contributed by atoms with Crippen molar-refractivity contribution in [2.24, 2.45) is 0 Å². The molecule has 0 bridgehead atoms. The minimum atomic E-state index is -0.222. The first kappa shape index (κ1) is 12.0. The predicted molar refractivity (Wildman–Crippen MR) is 71.6 cm³/mol. The predicted octanol–water partition coefficient (Wildman–Crippen LogP) is 2.66. The molecule has 2 heterocycles. The third-order valence-electron chi connectivity index (χ3n) is 3.52. The summed E-state index contributed by atoms with van der Waals surface area (Å²) in [6, 6.07) is 6.58. The summed E-state index contributed by atoms with van der Waals surface area (Å²) < 4.78 is 19.0. The Morgan fingerprint density at radius 2 is 2.26 bits per heavy atom. The van der Waals surface area contributed by atoms with E-state index in [1.807, 2.05) is 13.0 Å². The van der Waals surface area contributed by atoms with E-state index < -0.39 is 0 Å². The van der Waals surface area contributed by atoms with Crippen molar-refractivity contribution in [1.29, 1.82) is 0 Å². The number of hydrogen-bond acceptors (Lipinski definition) is 3. The second-order valence-corrected chi connectivity index (χ2v) is 4.89. The number of rotatable bonds is 2. The van der Waals surface area contributed by atoms with Gasteiger partial charge in [0.1, 0.15) is 23.5 Å². The van der Waals surface area contributed by atoms with E-state index in [0.29, 0.717) is 18.7 Å². The Balaban J connectivity index is 1.81. The molecule has 0 amide bonds. The van der Waals surface area contributed by atoms with Crippen LogP contribution in [0.15, 0.2) is 30.5 Å². The number of fused-ring (bicyclic) bond motifs is 1. The summed E-state index contributed by atoms with van der Waals surface area (Å²) in [7, 11) is 0. The number of halogens is 1. The normalized spacial score (nSPS) is 17.1. The number of aromatic nitrogens is 1. The van der Waals surface area contributed by atoms with Crippen LogP contribution in [0.3, 0.4) is 0 Å². The van der Waals surface area contributed by atoms with E-state index in [0.717, 1.165) is 22.4 Å². The van der Waals surface area contributed by atoms with Crippen LogP contribution in [0.25, 0.3) is 0 Å². The van der Waals surface area contributed by atoms with Gasteiger partial charge in [-0.15, -0.1) is 0 Å². The first-order valence-corrected chi connectivity index (χ1v) is 6.28. The van der Waals surface area contributed by atoms with Crippen molar-refractivity contribution >= 4 is 5.82 Å². The van der Waals surface area contributed by atoms with Crippen molar-refractivity contribution in [3.05, 3.63) is 53.0 Å². The number of benzene rings is 1. The Hall–Kier alpha value is -2.10. The number of hydrogen-bond donors (Lipinski definition) is 1. The van der Waals surface area contributed by atoms with Gasteiger partial charge in [0.25, 0.3) is 0 Å². The van der Waals surface area contributed by atoms with E-state index in [1.165, 1.54) is 12.1 Å². The first-order chi connectivity index (χ1) is 9.13. The van der Waals surface area contributed by atoms with Gasteiger partial charge in [-0.1, -0.05) is 0 Å². The smallest absolute Gasteiger partial charge is 0.126 e. The Bertz CT molecular complexity index is 607. The molecule has 0 fully saturated rings. The second kappa shape index (κ2) is 4.53. The van der Waals surface area contributed by atoms with E-state index in [9.17, 15) is 4.39 Å². The number of anilines is 1. The first-order valence-electron chi connectivity index (χ1n) is 6.28. The lowest BCUT2D eigenvalue weighted by Gasteiger charge is -2.13. The summed E-state index contributed by atoms with van der Waals surface area (Å²) in [5, 5.41) is 0. The quantitative estimate of drug-likeness (QED) is 0.900. The SMILES string of the molecule is Cc1ccnc(N)c1CC1Cc2cc(F)ccc2O1. The van der Waals surface area contributed by atoms with Crippen LogP contribution in [0.4, 0.5) is 10.2 Å². The minimum absolute atomic E-state index is 0.00185. The molecule has 2 aromatic rings. The highest BCUT2D eigenvalue weighted by Gasteiger charge is 2.24. The van der Waals surface area contributed by atoms with Crippen molar-refractivity contribution in [3.63, 3.8) is 0 Å². The highest BCUT2D eigenvalue weighted by molar-refractivity contribution is 5.45. The fraction of sp³-hybridized carbons (Fsp3) is 0.267. The molecule has 3 rings (SSSR count). The Morgan fingerprint density at radius 1 is 1.42 bits per heavy atom. The number of nitrogen functional groups attached to an aromatic ring is 1. The third-order valence-corrected chi connectivity index (χ3v) is 3.52. The molecule has 0 saturated heterocycles. The molecule has 1 aromatic heterocycles. The Morgan fingerprint density at radius 3 is 3.05 bits per heavy atom. The van der Waals surface area contributed by atoms with Crippen LogP contribution >= 0.6 is 0 Å². The maximum atomic E-state index is 13.2. The molecule has 0 saturated carbocycles. The van der Waals surface area contributed by atoms with E-state index >= 15 is 0 Å². The van der Waals surface area contributed by atoms with Gasteiger partial charge in [-0.05, 0) is 36.8 Å². The van der Waals surface area contributed by atoms with E-state index in [-0.39, 0.29) is 11.9 Å². The molecule has 0 aliphatic carbocycles. The minimum Gasteiger partial charge on any atom is -0.489 e. The van der Waals surface area contributed by atoms with Gasteiger partial charge in [0, 0.05) is 30.2 Å². The topological polar surface area (TPSA) is 48.1 Å². The summed E-state index contributed by atoms with van der Waals surface area (Å²) in [4.78, 5) is 4.11. The molecule has 4 heteroatoms. The van der Waals surface area contributed by atoms with Crippen molar-refractivity contribution in [2.45, 2.75) is 25.9 Å². The zero-order valence-corrected chi connectivity index (χ0v) is 10.7. The lowest BCUT2D eigenvalue weighted by Crippen LogP contribution is -2.18. The van der Waals surface area contributed by atoms with Gasteiger partial charge in [0.15, 0.2) is 0 Å². The van der Waals surface area contributed by atoms with Crippen LogP contribution in [0.2, 0.25) is 0 Å². The van der Waals surface area contributed by atoms with Crippen molar-refractivity contribution < 1.29 is 9.13 Å². The summed E-state index contributed by atoms with van der Waals surface area (Å²) >= 11 is 0. The number of nitrogens with two attached hydrogens (primary N) is 1. The van der Waals surface area contributed by atoms with E-state index in [4.69, 9.17) is 10.5 Å². The average molecular weight is 258 g/mol. The van der Waals surface area contributed by atoms with Gasteiger partial charge in [-0.3, -0.25) is 0 Å². The highest BCUT2D eigenvalue weighted by Crippen LogP contribution is 2.31. The zero-order chi connectivity index (χ0) is 13.4. The largest absolute Gasteiger partial charge is 0.489 e. The molecule has 1 aromatic carbocycles. The molecule has 0 spiro atoms. The Labute approximate surface area is 111 Å². The van der Waals surface area contributed by atoms with Crippen LogP contribution in [-0.2, 0) is 12.8 Å². The summed E-state index contributed by atoms with van der Waals surface area (Å²) in [5.74, 6) is 1.09. The average Bonchev–Trinajstić information content (AvgIpc) is 2.75. The van der Waals surface area contributed by atoms with Crippen molar-refractivity contribution in [3.8, 4) is 5.75 Å². The number of aryl methyl sites for hydroxylation is 1. The number of pyridine rings is 1. The van der Waals surface area contributed by atoms with E-state index in [2.05, 4.69) is 4.98 Å². The third kappa shape index (κ3) is 2.26. The van der Waals surface area contributed by atoms with Gasteiger partial charge in [-0.25, -0.2) is 9.37 Å². The molecule has 0 radical (unpaired) electrons. The molecular formula is C15H15FN2O. The van der Waals surface area contributed by atoms with Crippen LogP contribution in [-0.4, -0.2) is 11.1 Å². The van der Waals surface area contributed by atoms with Crippen LogP contribution in [0.1, 0.15) is 16.7 Å². The fourth-order valence-electron chi connectivity index (χ4n) is 2.51. The maximum absolute atomic E-state index is 13.2. The highest BCUT2D eigenvalue weighted by atomic mass is 19.1. The standard InChI is InChI=1S/C15H15FN2O/c1-9-4-5-18-15(17)13(9)8-12-7-10-6-11(16)2-3-14(10)19-12/h2-6,12H,7-8H2,1H3,(H2,17,18). The summed E-state index contributed by atoms with van der Waals surface area (Å²) in [6.07, 6.45) is 3.11. The molecule has 1 unspecified atom stereocenters. The van der Waals surface area contributed by atoms with Gasteiger partial charge >= 0.3 is 0 Å². The van der Waals surface area contributed by atoms with Gasteiger partial charge < -0.3 is 10.5 Å². The van der Waals surface area contributed by atoms with Crippen LogP contribution < -0.4 is 10.5 Å². The van der Waals surface area contributed by atoms with Gasteiger partial charge in [0.2, 0.25) is 0 Å². The van der Waals surface area contributed by atoms with Gasteiger partial charge in [0.05, 0.1) is 0 Å². The lowest BCUT2D eigenvalue weighted by molar-refractivity contribution is 0.233. The molecular weight excluding hydrogens is 243 g/mol. The van der Waals surface area contributed by atoms with Crippen LogP contribution in [0.5, 0.6) is 5.75 Å². The van der Waals surface area contributed by atoms with E-state index in [1.54, 1.807) is 12.3 Å². The fourth-order valence-corrected chi connectivity index (χ4v) is 2.51. The summed E-state index contributed by atoms with van der Waals surface area (Å²) in [6.45, 7) is 2.01. The van der Waals surface area contributed by atoms with Crippen LogP contribution in [0, 0.1) is 12.7 Å². The monoisotopic (exact) mass is 258 g/mol. The van der Waals surface area contributed by atoms with Gasteiger partial charge in [-0.2, -0.15) is 0 Å². The maximum Gasteiger partial charge on any atom is 0.126 e. The number of nitrogens with zero attached hydrogens (tertiary/aromatic N) is 1. The molecule has 1 atom stereocenters. The summed E-state index contributed by atoms with van der Waals surface area (Å²) in [5.41, 5.74) is 8.95. The van der Waals surface area contributed by atoms with Crippen molar-refractivity contribution in [2.75, 3.05) is 5.73 Å². The Kier molecular flexibility index (Phi) is 2.85. The zero-order valence-electron chi connectivity index (χ0n) is 10.7. The molecule has 1 aliphatic heterocycles. The lowest BCUT2D eigenvalue weighted by atomic mass is 10.0. The molecule has 1 aliphatic rings. The molecule has 2 N–H and O–H groups in total. The van der Waals surface area contributed by atoms with Crippen molar-refractivity contribution in [1.82, 2.24) is 4.98 Å². The molecule has 98 valence electrons. The number of ether oxygens (including phenoxy) is 1. The molecule has 19 heavy (non-hydrogen) atoms. The second-order valence-electron chi connectivity index (χ2n) is 4.89.